The van der Waals surface area contributed by atoms with Crippen molar-refractivity contribution in [3.63, 3.8) is 0 Å². The van der Waals surface area contributed by atoms with Crippen LogP contribution in [0.4, 0.5) is 0 Å². The molecule has 0 unspecified atom stereocenters. The number of rotatable bonds is 7. The highest BCUT2D eigenvalue weighted by atomic mass is 79.9. The summed E-state index contributed by atoms with van der Waals surface area (Å²) in [6.07, 6.45) is 4.10. The van der Waals surface area contributed by atoms with E-state index in [0.717, 1.165) is 4.47 Å². The van der Waals surface area contributed by atoms with E-state index in [0.29, 0.717) is 18.9 Å². The summed E-state index contributed by atoms with van der Waals surface area (Å²) < 4.78 is 11.4. The minimum Gasteiger partial charge on any atom is -0.492 e. The second kappa shape index (κ2) is 8.97. The van der Waals surface area contributed by atoms with E-state index in [-0.39, 0.29) is 18.2 Å². The molecule has 1 aromatic heterocycles. The topological polar surface area (TPSA) is 81.6 Å². The standard InChI is InChI=1S/C16H16BrN3O4/c1-20(8-9-23-13-4-2-12(17)3-5-13)15(21)11-24-16(22)14-10-18-6-7-19-14/h2-7,10H,8-9,11H2,1H3. The number of nitrogens with zero attached hydrogens (tertiary/aromatic N) is 3. The van der Waals surface area contributed by atoms with Gasteiger partial charge < -0.3 is 14.4 Å². The molecule has 0 saturated carbocycles. The van der Waals surface area contributed by atoms with Gasteiger partial charge >= 0.3 is 5.97 Å². The predicted octanol–water partition coefficient (Wildman–Crippen LogP) is 1.93. The summed E-state index contributed by atoms with van der Waals surface area (Å²) in [5.41, 5.74) is 0.0616. The van der Waals surface area contributed by atoms with Crippen LogP contribution in [0.2, 0.25) is 0 Å². The number of hydrogen-bond donors (Lipinski definition) is 0. The van der Waals surface area contributed by atoms with Gasteiger partial charge in [-0.05, 0) is 24.3 Å². The van der Waals surface area contributed by atoms with Crippen molar-refractivity contribution in [2.75, 3.05) is 26.8 Å². The number of ether oxygens (including phenoxy) is 2. The number of carbonyl (C=O) groups is 2. The SMILES string of the molecule is CN(CCOc1ccc(Br)cc1)C(=O)COC(=O)c1cnccn1. The lowest BCUT2D eigenvalue weighted by molar-refractivity contribution is -0.133. The van der Waals surface area contributed by atoms with Crippen molar-refractivity contribution in [2.24, 2.45) is 0 Å². The Morgan fingerprint density at radius 1 is 1.21 bits per heavy atom. The van der Waals surface area contributed by atoms with Gasteiger partial charge in [-0.15, -0.1) is 0 Å². The Kier molecular flexibility index (Phi) is 6.68. The van der Waals surface area contributed by atoms with Gasteiger partial charge in [-0.1, -0.05) is 15.9 Å². The van der Waals surface area contributed by atoms with Crippen LogP contribution in [0.1, 0.15) is 10.5 Å². The number of hydrogen-bond acceptors (Lipinski definition) is 6. The molecule has 1 heterocycles. The Morgan fingerprint density at radius 3 is 2.62 bits per heavy atom. The van der Waals surface area contributed by atoms with Crippen LogP contribution in [-0.2, 0) is 9.53 Å². The van der Waals surface area contributed by atoms with Crippen LogP contribution in [-0.4, -0.2) is 53.6 Å². The fourth-order valence-electron chi connectivity index (χ4n) is 1.67. The minimum absolute atomic E-state index is 0.0616. The van der Waals surface area contributed by atoms with E-state index in [4.69, 9.17) is 9.47 Å². The Labute approximate surface area is 147 Å². The van der Waals surface area contributed by atoms with Gasteiger partial charge in [0.25, 0.3) is 5.91 Å². The number of aromatic nitrogens is 2. The third-order valence-corrected chi connectivity index (χ3v) is 3.56. The first-order chi connectivity index (χ1) is 11.6. The van der Waals surface area contributed by atoms with Gasteiger partial charge in [-0.3, -0.25) is 9.78 Å². The molecule has 0 saturated heterocycles. The molecule has 8 heteroatoms. The molecule has 0 radical (unpaired) electrons. The first-order valence-electron chi connectivity index (χ1n) is 7.12. The number of carbonyl (C=O) groups excluding carboxylic acids is 2. The average Bonchev–Trinajstić information content (AvgIpc) is 2.61. The normalized spacial score (nSPS) is 10.1. The van der Waals surface area contributed by atoms with E-state index < -0.39 is 5.97 Å². The molecular formula is C16H16BrN3O4. The fraction of sp³-hybridized carbons (Fsp3) is 0.250. The lowest BCUT2D eigenvalue weighted by atomic mass is 10.3. The summed E-state index contributed by atoms with van der Waals surface area (Å²) in [5, 5.41) is 0. The summed E-state index contributed by atoms with van der Waals surface area (Å²) in [5.74, 6) is -0.296. The Hall–Kier alpha value is -2.48. The Morgan fingerprint density at radius 2 is 1.96 bits per heavy atom. The number of benzene rings is 1. The molecule has 2 aromatic rings. The van der Waals surface area contributed by atoms with E-state index in [1.807, 2.05) is 24.3 Å². The van der Waals surface area contributed by atoms with Crippen molar-refractivity contribution in [1.29, 1.82) is 0 Å². The lowest BCUT2D eigenvalue weighted by Gasteiger charge is -2.17. The van der Waals surface area contributed by atoms with Gasteiger partial charge in [0.15, 0.2) is 12.3 Å². The van der Waals surface area contributed by atoms with Crippen molar-refractivity contribution in [1.82, 2.24) is 14.9 Å². The van der Waals surface area contributed by atoms with Crippen LogP contribution in [0.25, 0.3) is 0 Å². The molecule has 1 amide bonds. The predicted molar refractivity (Wildman–Crippen MR) is 89.6 cm³/mol. The molecule has 0 aliphatic carbocycles. The zero-order valence-corrected chi connectivity index (χ0v) is 14.6. The molecule has 2 rings (SSSR count). The average molecular weight is 394 g/mol. The van der Waals surface area contributed by atoms with Crippen molar-refractivity contribution in [2.45, 2.75) is 0 Å². The first-order valence-corrected chi connectivity index (χ1v) is 7.91. The van der Waals surface area contributed by atoms with E-state index in [2.05, 4.69) is 25.9 Å². The molecule has 0 N–H and O–H groups in total. The van der Waals surface area contributed by atoms with Crippen molar-refractivity contribution >= 4 is 27.8 Å². The molecule has 0 aliphatic rings. The van der Waals surface area contributed by atoms with E-state index in [9.17, 15) is 9.59 Å². The highest BCUT2D eigenvalue weighted by Gasteiger charge is 2.14. The van der Waals surface area contributed by atoms with Gasteiger partial charge in [0, 0.05) is 23.9 Å². The molecule has 1 aromatic carbocycles. The summed E-state index contributed by atoms with van der Waals surface area (Å²) in [6.45, 7) is 0.351. The fourth-order valence-corrected chi connectivity index (χ4v) is 1.94. The molecule has 0 atom stereocenters. The van der Waals surface area contributed by atoms with Crippen LogP contribution in [0, 0.1) is 0 Å². The second-order valence-corrected chi connectivity index (χ2v) is 5.70. The third kappa shape index (κ3) is 5.62. The molecule has 0 spiro atoms. The number of likely N-dealkylation sites (N-methyl/N-ethyl adjacent to an activating group) is 1. The first kappa shape index (κ1) is 17.9. The van der Waals surface area contributed by atoms with Gasteiger partial charge in [0.1, 0.15) is 12.4 Å². The molecule has 24 heavy (non-hydrogen) atoms. The highest BCUT2D eigenvalue weighted by molar-refractivity contribution is 9.10. The maximum absolute atomic E-state index is 11.9. The summed E-state index contributed by atoms with van der Waals surface area (Å²) >= 11 is 3.34. The summed E-state index contributed by atoms with van der Waals surface area (Å²) in [4.78, 5) is 32.6. The monoisotopic (exact) mass is 393 g/mol. The number of esters is 1. The van der Waals surface area contributed by atoms with Crippen LogP contribution in [0.15, 0.2) is 47.3 Å². The maximum Gasteiger partial charge on any atom is 0.359 e. The zero-order chi connectivity index (χ0) is 17.4. The lowest BCUT2D eigenvalue weighted by Crippen LogP contribution is -2.34. The molecular weight excluding hydrogens is 378 g/mol. The van der Waals surface area contributed by atoms with Gasteiger partial charge in [0.05, 0.1) is 12.7 Å². The highest BCUT2D eigenvalue weighted by Crippen LogP contribution is 2.15. The van der Waals surface area contributed by atoms with Crippen LogP contribution in [0.3, 0.4) is 0 Å². The van der Waals surface area contributed by atoms with Gasteiger partial charge in [-0.25, -0.2) is 9.78 Å². The second-order valence-electron chi connectivity index (χ2n) is 4.78. The third-order valence-electron chi connectivity index (χ3n) is 3.03. The smallest absolute Gasteiger partial charge is 0.359 e. The van der Waals surface area contributed by atoms with Crippen LogP contribution in [0.5, 0.6) is 5.75 Å². The van der Waals surface area contributed by atoms with Crippen LogP contribution >= 0.6 is 15.9 Å². The van der Waals surface area contributed by atoms with Crippen molar-refractivity contribution in [3.8, 4) is 5.75 Å². The van der Waals surface area contributed by atoms with Crippen molar-refractivity contribution < 1.29 is 19.1 Å². The molecule has 0 aliphatic heterocycles. The molecule has 7 nitrogen and oxygen atoms in total. The summed E-state index contributed by atoms with van der Waals surface area (Å²) in [7, 11) is 1.61. The minimum atomic E-state index is -0.684. The molecule has 126 valence electrons. The largest absolute Gasteiger partial charge is 0.492 e. The van der Waals surface area contributed by atoms with E-state index in [1.54, 1.807) is 7.05 Å². The maximum atomic E-state index is 11.9. The van der Waals surface area contributed by atoms with E-state index in [1.165, 1.54) is 23.5 Å². The quantitative estimate of drug-likeness (QED) is 0.668. The van der Waals surface area contributed by atoms with Crippen LogP contribution < -0.4 is 4.74 Å². The number of amides is 1. The molecule has 0 bridgehead atoms. The summed E-state index contributed by atoms with van der Waals surface area (Å²) in [6, 6.07) is 7.40. The Bertz CT molecular complexity index is 679. The number of halogens is 1. The zero-order valence-electron chi connectivity index (χ0n) is 13.0. The van der Waals surface area contributed by atoms with E-state index >= 15 is 0 Å². The molecule has 0 fully saturated rings. The Balaban J connectivity index is 1.70. The van der Waals surface area contributed by atoms with Gasteiger partial charge in [0.2, 0.25) is 0 Å². The van der Waals surface area contributed by atoms with Crippen molar-refractivity contribution in [3.05, 3.63) is 53.0 Å². The van der Waals surface area contributed by atoms with Gasteiger partial charge in [-0.2, -0.15) is 0 Å².